The molecule has 3 rings (SSSR count). The van der Waals surface area contributed by atoms with Crippen molar-refractivity contribution < 1.29 is 19.3 Å². The third kappa shape index (κ3) is 3.07. The zero-order valence-electron chi connectivity index (χ0n) is 15.3. The number of aryl methyl sites for hydroxylation is 1. The highest BCUT2D eigenvalue weighted by atomic mass is 16.6. The summed E-state index contributed by atoms with van der Waals surface area (Å²) < 4.78 is 0. The number of amides is 4. The van der Waals surface area contributed by atoms with Crippen LogP contribution in [0.4, 0.5) is 10.5 Å². The first-order chi connectivity index (χ1) is 13.3. The molecule has 0 radical (unpaired) electrons. The topological polar surface area (TPSA) is 122 Å². The average Bonchev–Trinajstić information content (AvgIpc) is 2.93. The van der Waals surface area contributed by atoms with Gasteiger partial charge in [-0.3, -0.25) is 25.1 Å². The van der Waals surface area contributed by atoms with Crippen LogP contribution in [0.2, 0.25) is 0 Å². The average molecular weight is 382 g/mol. The van der Waals surface area contributed by atoms with Crippen molar-refractivity contribution in [3.63, 3.8) is 0 Å². The van der Waals surface area contributed by atoms with E-state index in [1.165, 1.54) is 25.1 Å². The quantitative estimate of drug-likeness (QED) is 0.467. The summed E-state index contributed by atoms with van der Waals surface area (Å²) in [7, 11) is 0. The van der Waals surface area contributed by atoms with Gasteiger partial charge in [0.2, 0.25) is 0 Å². The van der Waals surface area contributed by atoms with Gasteiger partial charge < -0.3 is 5.32 Å². The summed E-state index contributed by atoms with van der Waals surface area (Å²) in [6.45, 7) is 3.26. The molecule has 0 aromatic heterocycles. The molecular weight excluding hydrogens is 364 g/mol. The number of urea groups is 1. The first-order valence-corrected chi connectivity index (χ1v) is 8.58. The molecule has 28 heavy (non-hydrogen) atoms. The molecule has 1 heterocycles. The van der Waals surface area contributed by atoms with Gasteiger partial charge in [-0.05, 0) is 31.0 Å². The molecule has 0 saturated carbocycles. The highest BCUT2D eigenvalue weighted by molar-refractivity contribution is 6.09. The van der Waals surface area contributed by atoms with Crippen LogP contribution in [-0.2, 0) is 10.3 Å². The zero-order valence-corrected chi connectivity index (χ0v) is 15.3. The summed E-state index contributed by atoms with van der Waals surface area (Å²) in [5.41, 5.74) is 1.90. The zero-order chi connectivity index (χ0) is 20.5. The van der Waals surface area contributed by atoms with Gasteiger partial charge in [0.1, 0.15) is 5.54 Å². The molecule has 1 fully saturated rings. The summed E-state index contributed by atoms with van der Waals surface area (Å²) in [5, 5.41) is 14.2. The van der Waals surface area contributed by atoms with Crippen LogP contribution in [0, 0.1) is 17.0 Å². The van der Waals surface area contributed by atoms with Gasteiger partial charge in [-0.25, -0.2) is 4.79 Å². The molecule has 144 valence electrons. The second-order valence-corrected chi connectivity index (χ2v) is 6.39. The summed E-state index contributed by atoms with van der Waals surface area (Å²) in [6, 6.07) is 11.8. The van der Waals surface area contributed by atoms with Crippen molar-refractivity contribution in [2.75, 3.05) is 0 Å². The Morgan fingerprint density at radius 2 is 1.89 bits per heavy atom. The summed E-state index contributed by atoms with van der Waals surface area (Å²) >= 11 is 0. The molecule has 9 heteroatoms. The smallest absolute Gasteiger partial charge is 0.318 e. The molecule has 0 unspecified atom stereocenters. The number of carbonyl (C=O) groups excluding carboxylic acids is 3. The number of rotatable bonds is 5. The highest BCUT2D eigenvalue weighted by Crippen LogP contribution is 2.31. The molecule has 4 amide bonds. The Hall–Kier alpha value is -3.75. The standard InChI is InChI=1S/C19H18N4O5/c1-3-19(14-7-5-4-6-8-14)17(25)22(18(26)20-19)21-16(24)13-9-10-15(23(27)28)12(2)11-13/h4-11H,3H2,1-2H3,(H,20,26)(H,21,24)/t19-/m0/s1. The summed E-state index contributed by atoms with van der Waals surface area (Å²) in [5.74, 6) is -1.32. The lowest BCUT2D eigenvalue weighted by Gasteiger charge is -2.25. The number of hydrazine groups is 1. The molecule has 2 N–H and O–H groups in total. The third-order valence-corrected chi connectivity index (χ3v) is 4.76. The molecular formula is C19H18N4O5. The molecule has 0 bridgehead atoms. The molecule has 1 aliphatic heterocycles. The Bertz CT molecular complexity index is 976. The van der Waals surface area contributed by atoms with E-state index in [2.05, 4.69) is 10.7 Å². The minimum atomic E-state index is -1.27. The fraction of sp³-hybridized carbons (Fsp3) is 0.211. The monoisotopic (exact) mass is 382 g/mol. The predicted octanol–water partition coefficient (Wildman–Crippen LogP) is 2.41. The van der Waals surface area contributed by atoms with Crippen LogP contribution in [0.5, 0.6) is 0 Å². The van der Waals surface area contributed by atoms with Crippen LogP contribution >= 0.6 is 0 Å². The van der Waals surface area contributed by atoms with E-state index in [0.717, 1.165) is 0 Å². The molecule has 1 aliphatic rings. The molecule has 1 atom stereocenters. The Morgan fingerprint density at radius 1 is 1.21 bits per heavy atom. The van der Waals surface area contributed by atoms with Crippen molar-refractivity contribution in [3.05, 3.63) is 75.3 Å². The number of hydrogen-bond donors (Lipinski definition) is 2. The maximum absolute atomic E-state index is 13.0. The van der Waals surface area contributed by atoms with Crippen LogP contribution in [-0.4, -0.2) is 27.8 Å². The molecule has 2 aromatic carbocycles. The van der Waals surface area contributed by atoms with Crippen LogP contribution in [0.15, 0.2) is 48.5 Å². The molecule has 1 saturated heterocycles. The number of benzene rings is 2. The van der Waals surface area contributed by atoms with Crippen molar-refractivity contribution in [3.8, 4) is 0 Å². The number of hydrogen-bond acceptors (Lipinski definition) is 5. The third-order valence-electron chi connectivity index (χ3n) is 4.76. The van der Waals surface area contributed by atoms with Gasteiger partial charge in [-0.15, -0.1) is 0 Å². The van der Waals surface area contributed by atoms with Crippen molar-refractivity contribution in [1.82, 2.24) is 15.8 Å². The van der Waals surface area contributed by atoms with Gasteiger partial charge in [0, 0.05) is 17.2 Å². The van der Waals surface area contributed by atoms with E-state index in [1.807, 2.05) is 0 Å². The number of carbonyl (C=O) groups is 3. The van der Waals surface area contributed by atoms with Gasteiger partial charge in [0.05, 0.1) is 4.92 Å². The second-order valence-electron chi connectivity index (χ2n) is 6.39. The van der Waals surface area contributed by atoms with E-state index in [4.69, 9.17) is 0 Å². The fourth-order valence-electron chi connectivity index (χ4n) is 3.21. The summed E-state index contributed by atoms with van der Waals surface area (Å²) in [4.78, 5) is 48.2. The normalized spacial score (nSPS) is 18.7. The largest absolute Gasteiger partial charge is 0.344 e. The Morgan fingerprint density at radius 3 is 2.46 bits per heavy atom. The number of imide groups is 1. The number of nitro groups is 1. The maximum atomic E-state index is 13.0. The van der Waals surface area contributed by atoms with Crippen LogP contribution in [0.3, 0.4) is 0 Å². The van der Waals surface area contributed by atoms with Crippen molar-refractivity contribution in [1.29, 1.82) is 0 Å². The van der Waals surface area contributed by atoms with Crippen molar-refractivity contribution >= 4 is 23.5 Å². The van der Waals surface area contributed by atoms with E-state index in [1.54, 1.807) is 37.3 Å². The van der Waals surface area contributed by atoms with E-state index >= 15 is 0 Å². The van der Waals surface area contributed by atoms with Crippen LogP contribution < -0.4 is 10.7 Å². The van der Waals surface area contributed by atoms with Crippen LogP contribution in [0.1, 0.15) is 34.8 Å². The Kier molecular flexibility index (Phi) is 4.83. The SMILES string of the molecule is CC[C@@]1(c2ccccc2)NC(=O)N(NC(=O)c2ccc([N+](=O)[O-])c(C)c2)C1=O. The van der Waals surface area contributed by atoms with Gasteiger partial charge in [0.15, 0.2) is 0 Å². The van der Waals surface area contributed by atoms with E-state index in [9.17, 15) is 24.5 Å². The Balaban J connectivity index is 1.86. The number of nitrogens with zero attached hydrogens (tertiary/aromatic N) is 2. The minimum absolute atomic E-state index is 0.0948. The van der Waals surface area contributed by atoms with Gasteiger partial charge in [0.25, 0.3) is 17.5 Å². The highest BCUT2D eigenvalue weighted by Gasteiger charge is 2.52. The second kappa shape index (κ2) is 7.10. The lowest BCUT2D eigenvalue weighted by atomic mass is 9.87. The first-order valence-electron chi connectivity index (χ1n) is 8.58. The van der Waals surface area contributed by atoms with E-state index in [0.29, 0.717) is 22.6 Å². The lowest BCUT2D eigenvalue weighted by molar-refractivity contribution is -0.385. The fourth-order valence-corrected chi connectivity index (χ4v) is 3.21. The van der Waals surface area contributed by atoms with Crippen LogP contribution in [0.25, 0.3) is 0 Å². The van der Waals surface area contributed by atoms with Gasteiger partial charge in [-0.2, -0.15) is 5.01 Å². The molecule has 0 aliphatic carbocycles. The maximum Gasteiger partial charge on any atom is 0.344 e. The van der Waals surface area contributed by atoms with E-state index in [-0.39, 0.29) is 11.3 Å². The first kappa shape index (κ1) is 19.0. The minimum Gasteiger partial charge on any atom is -0.318 e. The van der Waals surface area contributed by atoms with Crippen molar-refractivity contribution in [2.24, 2.45) is 0 Å². The summed E-state index contributed by atoms with van der Waals surface area (Å²) in [6.07, 6.45) is 0.296. The van der Waals surface area contributed by atoms with Gasteiger partial charge >= 0.3 is 6.03 Å². The van der Waals surface area contributed by atoms with Gasteiger partial charge in [-0.1, -0.05) is 37.3 Å². The molecule has 9 nitrogen and oxygen atoms in total. The molecule has 0 spiro atoms. The molecule has 2 aromatic rings. The number of nitrogens with one attached hydrogen (secondary N) is 2. The lowest BCUT2D eigenvalue weighted by Crippen LogP contribution is -2.48. The van der Waals surface area contributed by atoms with Crippen molar-refractivity contribution in [2.45, 2.75) is 25.8 Å². The Labute approximate surface area is 160 Å². The van der Waals surface area contributed by atoms with E-state index < -0.39 is 28.3 Å². The number of nitro benzene ring substituents is 1. The predicted molar refractivity (Wildman–Crippen MR) is 99.1 cm³/mol.